The average molecular weight is 340 g/mol. The summed E-state index contributed by atoms with van der Waals surface area (Å²) in [5.41, 5.74) is 2.74. The van der Waals surface area contributed by atoms with Crippen LogP contribution < -0.4 is 4.74 Å². The molecule has 1 aromatic carbocycles. The number of para-hydroxylation sites is 1. The Kier molecular flexibility index (Phi) is 4.97. The van der Waals surface area contributed by atoms with Crippen molar-refractivity contribution < 1.29 is 19.1 Å². The Hall–Kier alpha value is -2.89. The lowest BCUT2D eigenvalue weighted by Crippen LogP contribution is -2.17. The van der Waals surface area contributed by atoms with Gasteiger partial charge >= 0.3 is 5.97 Å². The van der Waals surface area contributed by atoms with Crippen molar-refractivity contribution in [1.82, 2.24) is 9.78 Å². The van der Waals surface area contributed by atoms with E-state index < -0.39 is 5.97 Å². The second-order valence-electron chi connectivity index (χ2n) is 5.69. The molecule has 0 spiro atoms. The zero-order chi connectivity index (χ0) is 17.8. The van der Waals surface area contributed by atoms with Gasteiger partial charge < -0.3 is 9.47 Å². The Morgan fingerprint density at radius 1 is 1.28 bits per heavy atom. The van der Waals surface area contributed by atoms with Gasteiger partial charge in [0.1, 0.15) is 0 Å². The van der Waals surface area contributed by atoms with Crippen molar-refractivity contribution in [1.29, 1.82) is 0 Å². The van der Waals surface area contributed by atoms with Crippen LogP contribution in [0.25, 0.3) is 11.3 Å². The first kappa shape index (κ1) is 17.0. The fourth-order valence-corrected chi connectivity index (χ4v) is 2.86. The fraction of sp³-hybridized carbons (Fsp3) is 0.316. The summed E-state index contributed by atoms with van der Waals surface area (Å²) in [4.78, 5) is 23.9. The van der Waals surface area contributed by atoms with Crippen LogP contribution in [0, 0.1) is 6.92 Å². The van der Waals surface area contributed by atoms with Crippen molar-refractivity contribution in [2.75, 3.05) is 13.2 Å². The number of benzene rings is 1. The van der Waals surface area contributed by atoms with Crippen LogP contribution in [0.1, 0.15) is 31.0 Å². The van der Waals surface area contributed by atoms with E-state index in [9.17, 15) is 9.59 Å². The molecule has 1 aromatic heterocycles. The molecule has 6 nitrogen and oxygen atoms in total. The van der Waals surface area contributed by atoms with Gasteiger partial charge in [-0.1, -0.05) is 24.3 Å². The predicted octanol–water partition coefficient (Wildman–Crippen LogP) is 2.87. The molecule has 0 atom stereocenters. The number of esters is 1. The van der Waals surface area contributed by atoms with Gasteiger partial charge in [0.05, 0.1) is 23.6 Å². The molecule has 0 radical (unpaired) electrons. The van der Waals surface area contributed by atoms with Crippen LogP contribution in [0.2, 0.25) is 0 Å². The van der Waals surface area contributed by atoms with Gasteiger partial charge in [-0.05, 0) is 32.4 Å². The van der Waals surface area contributed by atoms with Crippen molar-refractivity contribution in [3.63, 3.8) is 0 Å². The highest BCUT2D eigenvalue weighted by molar-refractivity contribution is 6.23. The number of hydrogen-bond donors (Lipinski definition) is 0. The summed E-state index contributed by atoms with van der Waals surface area (Å²) in [6.07, 6.45) is 3.10. The maximum absolute atomic E-state index is 12.2. The quantitative estimate of drug-likeness (QED) is 0.756. The Morgan fingerprint density at radius 2 is 2.04 bits per heavy atom. The number of hydrogen-bond acceptors (Lipinski definition) is 5. The van der Waals surface area contributed by atoms with Gasteiger partial charge in [0.15, 0.2) is 12.4 Å². The normalized spacial score (nSPS) is 13.7. The molecular weight excluding hydrogens is 320 g/mol. The lowest BCUT2D eigenvalue weighted by Gasteiger charge is -2.11. The van der Waals surface area contributed by atoms with Crippen molar-refractivity contribution >= 4 is 17.3 Å². The highest BCUT2D eigenvalue weighted by Crippen LogP contribution is 2.35. The van der Waals surface area contributed by atoms with E-state index in [2.05, 4.69) is 5.10 Å². The minimum absolute atomic E-state index is 0.0664. The first-order valence-electron chi connectivity index (χ1n) is 8.29. The topological polar surface area (TPSA) is 70.4 Å². The second kappa shape index (κ2) is 7.34. The number of Topliss-reactive ketones (excluding diaryl/α,β-unsaturated/α-hetero) is 1. The first-order chi connectivity index (χ1) is 12.1. The number of aromatic nitrogens is 2. The maximum atomic E-state index is 12.2. The lowest BCUT2D eigenvalue weighted by molar-refractivity contribution is -0.145. The van der Waals surface area contributed by atoms with E-state index >= 15 is 0 Å². The van der Waals surface area contributed by atoms with Crippen LogP contribution in [-0.2, 0) is 14.3 Å². The highest BCUT2D eigenvalue weighted by Gasteiger charge is 2.27. The maximum Gasteiger partial charge on any atom is 0.344 e. The minimum Gasteiger partial charge on any atom is -0.465 e. The Labute approximate surface area is 146 Å². The van der Waals surface area contributed by atoms with Gasteiger partial charge in [0.2, 0.25) is 5.88 Å². The third-order valence-corrected chi connectivity index (χ3v) is 3.94. The van der Waals surface area contributed by atoms with Gasteiger partial charge in [-0.25, -0.2) is 9.48 Å². The molecule has 0 N–H and O–H groups in total. The number of carbonyl (C=O) groups is 2. The molecule has 6 heteroatoms. The van der Waals surface area contributed by atoms with Crippen LogP contribution >= 0.6 is 0 Å². The highest BCUT2D eigenvalue weighted by atomic mass is 16.6. The van der Waals surface area contributed by atoms with Crippen molar-refractivity contribution in [2.24, 2.45) is 0 Å². The van der Waals surface area contributed by atoms with Crippen LogP contribution in [0.4, 0.5) is 0 Å². The summed E-state index contributed by atoms with van der Waals surface area (Å²) < 4.78 is 12.3. The van der Waals surface area contributed by atoms with Gasteiger partial charge in [-0.15, -0.1) is 0 Å². The summed E-state index contributed by atoms with van der Waals surface area (Å²) in [6.45, 7) is 3.62. The van der Waals surface area contributed by atoms with Gasteiger partial charge in [0.25, 0.3) is 0 Å². The molecule has 0 aliphatic heterocycles. The molecule has 0 saturated carbocycles. The van der Waals surface area contributed by atoms with Crippen molar-refractivity contribution in [2.45, 2.75) is 26.7 Å². The van der Waals surface area contributed by atoms with E-state index in [1.165, 1.54) is 0 Å². The van der Waals surface area contributed by atoms with E-state index in [1.807, 2.05) is 43.3 Å². The smallest absolute Gasteiger partial charge is 0.344 e. The summed E-state index contributed by atoms with van der Waals surface area (Å²) in [5, 5.41) is 4.53. The molecular formula is C19H20N2O4. The van der Waals surface area contributed by atoms with E-state index in [4.69, 9.17) is 9.47 Å². The van der Waals surface area contributed by atoms with Crippen molar-refractivity contribution in [3.05, 3.63) is 47.7 Å². The number of rotatable bonds is 6. The molecule has 1 aliphatic carbocycles. The predicted molar refractivity (Wildman–Crippen MR) is 92.6 cm³/mol. The lowest BCUT2D eigenvalue weighted by atomic mass is 10.1. The van der Waals surface area contributed by atoms with Crippen molar-refractivity contribution in [3.8, 4) is 11.6 Å². The Bertz CT molecular complexity index is 821. The zero-order valence-corrected chi connectivity index (χ0v) is 14.3. The molecule has 0 bridgehead atoms. The van der Waals surface area contributed by atoms with Gasteiger partial charge in [0, 0.05) is 12.0 Å². The van der Waals surface area contributed by atoms with E-state index in [-0.39, 0.29) is 19.0 Å². The standard InChI is InChI=1S/C19H20N2O4/c1-3-24-17(23)12-25-19-18(15-10-7-11-16(15)22)13(2)20-21(19)14-8-5-4-6-9-14/h4-6,8-10H,3,7,11-12H2,1-2H3. The van der Waals surface area contributed by atoms with E-state index in [1.54, 1.807) is 11.6 Å². The summed E-state index contributed by atoms with van der Waals surface area (Å²) in [7, 11) is 0. The number of ether oxygens (including phenoxy) is 2. The second-order valence-corrected chi connectivity index (χ2v) is 5.69. The molecule has 0 saturated heterocycles. The molecule has 130 valence electrons. The number of aryl methyl sites for hydroxylation is 1. The third kappa shape index (κ3) is 3.47. The largest absolute Gasteiger partial charge is 0.465 e. The SMILES string of the molecule is CCOC(=O)COc1c(C2=CCCC2=O)c(C)nn1-c1ccccc1. The first-order valence-corrected chi connectivity index (χ1v) is 8.29. The number of carbonyl (C=O) groups excluding carboxylic acids is 2. The zero-order valence-electron chi connectivity index (χ0n) is 14.3. The number of ketones is 1. The molecule has 0 unspecified atom stereocenters. The molecule has 0 fully saturated rings. The van der Waals surface area contributed by atoms with Crippen LogP contribution in [-0.4, -0.2) is 34.7 Å². The average Bonchev–Trinajstić information content (AvgIpc) is 3.16. The fourth-order valence-electron chi connectivity index (χ4n) is 2.86. The molecule has 3 rings (SSSR count). The molecule has 1 heterocycles. The van der Waals surface area contributed by atoms with Crippen LogP contribution in [0.3, 0.4) is 0 Å². The Balaban J connectivity index is 2.04. The summed E-state index contributed by atoms with van der Waals surface area (Å²) in [5.74, 6) is -0.00593. The van der Waals surface area contributed by atoms with E-state index in [0.29, 0.717) is 35.6 Å². The Morgan fingerprint density at radius 3 is 2.68 bits per heavy atom. The monoisotopic (exact) mass is 340 g/mol. The van der Waals surface area contributed by atoms with Gasteiger partial charge in [-0.3, -0.25) is 4.79 Å². The number of allylic oxidation sites excluding steroid dienone is 2. The van der Waals surface area contributed by atoms with Crippen LogP contribution in [0.15, 0.2) is 36.4 Å². The summed E-state index contributed by atoms with van der Waals surface area (Å²) >= 11 is 0. The molecule has 2 aromatic rings. The molecule has 1 aliphatic rings. The van der Waals surface area contributed by atoms with E-state index in [0.717, 1.165) is 5.69 Å². The molecule has 0 amide bonds. The molecule has 25 heavy (non-hydrogen) atoms. The number of nitrogens with zero attached hydrogens (tertiary/aromatic N) is 2. The third-order valence-electron chi connectivity index (χ3n) is 3.94. The summed E-state index contributed by atoms with van der Waals surface area (Å²) in [6, 6.07) is 9.46. The minimum atomic E-state index is -0.460. The van der Waals surface area contributed by atoms with Gasteiger partial charge in [-0.2, -0.15) is 5.10 Å². The van der Waals surface area contributed by atoms with Crippen LogP contribution in [0.5, 0.6) is 5.88 Å².